The summed E-state index contributed by atoms with van der Waals surface area (Å²) in [5.74, 6) is -0.881. The number of ether oxygens (including phenoxy) is 3. The second-order valence-electron chi connectivity index (χ2n) is 21.7. The molecule has 6 nitrogen and oxygen atoms in total. The van der Waals surface area contributed by atoms with Crippen LogP contribution in [0.15, 0.2) is 85.1 Å². The minimum absolute atomic E-state index is 0.0764. The third-order valence-electron chi connectivity index (χ3n) is 14.2. The Balaban J connectivity index is 4.15. The highest BCUT2D eigenvalue weighted by Crippen LogP contribution is 2.17. The molecule has 1 atom stereocenters. The topological polar surface area (TPSA) is 78.9 Å². The van der Waals surface area contributed by atoms with Crippen molar-refractivity contribution in [1.29, 1.82) is 0 Å². The molecule has 6 heteroatoms. The van der Waals surface area contributed by atoms with E-state index in [0.717, 1.165) is 109 Å². The van der Waals surface area contributed by atoms with Crippen LogP contribution in [0.5, 0.6) is 0 Å². The number of hydrogen-bond acceptors (Lipinski definition) is 6. The van der Waals surface area contributed by atoms with Gasteiger partial charge in [-0.1, -0.05) is 311 Å². The summed E-state index contributed by atoms with van der Waals surface area (Å²) in [7, 11) is 0. The van der Waals surface area contributed by atoms with E-state index in [9.17, 15) is 14.4 Å². The summed E-state index contributed by atoms with van der Waals surface area (Å²) in [6.07, 6.45) is 84.8. The van der Waals surface area contributed by atoms with Crippen LogP contribution in [-0.2, 0) is 28.6 Å². The largest absolute Gasteiger partial charge is 0.462 e. The van der Waals surface area contributed by atoms with Crippen LogP contribution in [0.4, 0.5) is 0 Å². The fourth-order valence-corrected chi connectivity index (χ4v) is 9.31. The molecule has 0 N–H and O–H groups in total. The van der Waals surface area contributed by atoms with Crippen molar-refractivity contribution in [2.75, 3.05) is 13.2 Å². The van der Waals surface area contributed by atoms with Crippen molar-refractivity contribution in [2.24, 2.45) is 0 Å². The maximum atomic E-state index is 12.9. The molecule has 76 heavy (non-hydrogen) atoms. The third kappa shape index (κ3) is 61.4. The van der Waals surface area contributed by atoms with Crippen LogP contribution in [0.1, 0.15) is 323 Å². The van der Waals surface area contributed by atoms with Gasteiger partial charge in [0.15, 0.2) is 6.10 Å². The van der Waals surface area contributed by atoms with E-state index < -0.39 is 6.10 Å². The maximum absolute atomic E-state index is 12.9. The molecule has 0 saturated carbocycles. The van der Waals surface area contributed by atoms with E-state index in [2.05, 4.69) is 106 Å². The van der Waals surface area contributed by atoms with Crippen LogP contribution < -0.4 is 0 Å². The second-order valence-corrected chi connectivity index (χ2v) is 21.7. The van der Waals surface area contributed by atoms with Gasteiger partial charge in [-0.3, -0.25) is 14.4 Å². The molecule has 0 aromatic heterocycles. The standard InChI is InChI=1S/C70H122O6/c1-4-7-10-13-16-18-20-22-24-26-28-30-32-33-34-35-36-37-38-40-41-43-45-47-49-51-54-57-60-63-69(72)75-66-67(65-74-68(71)62-59-56-53-15-12-9-6-3)76-70(73)64-61-58-55-52-50-48-46-44-42-39-31-29-27-25-23-21-19-17-14-11-8-5-2/h7,10,16,18,22,24,28,30,33-34,36-37,40-41,67H,4-6,8-9,11-15,17,19-21,23,25-27,29,31-32,35,38-39,42-66H2,1-3H3/b10-7-,18-16-,24-22-,30-28-,34-33-,37-36-,41-40-. The average molecular weight is 1060 g/mol. The van der Waals surface area contributed by atoms with Crippen molar-refractivity contribution in [3.63, 3.8) is 0 Å². The lowest BCUT2D eigenvalue weighted by Crippen LogP contribution is -2.30. The molecule has 0 aromatic rings. The number of hydrogen-bond donors (Lipinski definition) is 0. The molecule has 1 unspecified atom stereocenters. The molecule has 0 saturated heterocycles. The predicted octanol–water partition coefficient (Wildman–Crippen LogP) is 22.3. The lowest BCUT2D eigenvalue weighted by Gasteiger charge is -2.18. The first kappa shape index (κ1) is 72.6. The van der Waals surface area contributed by atoms with Gasteiger partial charge in [0.25, 0.3) is 0 Å². The molecular weight excluding hydrogens is 937 g/mol. The van der Waals surface area contributed by atoms with E-state index in [1.54, 1.807) is 0 Å². The van der Waals surface area contributed by atoms with Gasteiger partial charge in [-0.2, -0.15) is 0 Å². The Labute approximate surface area is 471 Å². The summed E-state index contributed by atoms with van der Waals surface area (Å²) in [6, 6.07) is 0. The zero-order valence-electron chi connectivity index (χ0n) is 50.3. The van der Waals surface area contributed by atoms with E-state index in [1.165, 1.54) is 173 Å². The molecule has 0 amide bonds. The number of rotatable bonds is 59. The fraction of sp³-hybridized carbons (Fsp3) is 0.757. The molecule has 0 heterocycles. The SMILES string of the molecule is CC/C=C\C/C=C\C/C=C\C/C=C\C/C=C\C/C=C\C/C=C\CCCCCCCCCC(=O)OCC(COC(=O)CCCCCCCCC)OC(=O)CCCCCCCCCCCCCCCCCCCCCCCC. The Hall–Kier alpha value is -3.41. The zero-order chi connectivity index (χ0) is 55.0. The second kappa shape index (κ2) is 64.1. The minimum Gasteiger partial charge on any atom is -0.462 e. The predicted molar refractivity (Wildman–Crippen MR) is 330 cm³/mol. The van der Waals surface area contributed by atoms with Crippen molar-refractivity contribution >= 4 is 17.9 Å². The summed E-state index contributed by atoms with van der Waals surface area (Å²) < 4.78 is 16.8. The first-order chi connectivity index (χ1) is 37.5. The number of carbonyl (C=O) groups is 3. The monoisotopic (exact) mass is 1060 g/mol. The number of unbranched alkanes of at least 4 members (excludes halogenated alkanes) is 34. The van der Waals surface area contributed by atoms with Crippen LogP contribution in [-0.4, -0.2) is 37.2 Å². The first-order valence-electron chi connectivity index (χ1n) is 32.6. The van der Waals surface area contributed by atoms with Gasteiger partial charge >= 0.3 is 17.9 Å². The molecule has 0 spiro atoms. The van der Waals surface area contributed by atoms with E-state index >= 15 is 0 Å². The smallest absolute Gasteiger partial charge is 0.306 e. The summed E-state index contributed by atoms with van der Waals surface area (Å²) in [4.78, 5) is 38.1. The van der Waals surface area contributed by atoms with Gasteiger partial charge in [0.05, 0.1) is 0 Å². The molecule has 0 radical (unpaired) electrons. The van der Waals surface area contributed by atoms with Crippen LogP contribution >= 0.6 is 0 Å². The molecule has 0 aliphatic carbocycles. The molecule has 0 bridgehead atoms. The highest BCUT2D eigenvalue weighted by molar-refractivity contribution is 5.71. The highest BCUT2D eigenvalue weighted by Gasteiger charge is 2.19. The van der Waals surface area contributed by atoms with Crippen molar-refractivity contribution < 1.29 is 28.6 Å². The van der Waals surface area contributed by atoms with Crippen LogP contribution in [0.3, 0.4) is 0 Å². The zero-order valence-corrected chi connectivity index (χ0v) is 50.3. The molecule has 0 aliphatic rings. The van der Waals surface area contributed by atoms with Gasteiger partial charge in [0.2, 0.25) is 0 Å². The summed E-state index contributed by atoms with van der Waals surface area (Å²) >= 11 is 0. The van der Waals surface area contributed by atoms with Crippen LogP contribution in [0.2, 0.25) is 0 Å². The van der Waals surface area contributed by atoms with E-state index in [0.29, 0.717) is 19.3 Å². The van der Waals surface area contributed by atoms with Gasteiger partial charge in [-0.15, -0.1) is 0 Å². The van der Waals surface area contributed by atoms with Crippen molar-refractivity contribution in [3.05, 3.63) is 85.1 Å². The normalized spacial score (nSPS) is 12.6. The van der Waals surface area contributed by atoms with Crippen molar-refractivity contribution in [1.82, 2.24) is 0 Å². The van der Waals surface area contributed by atoms with E-state index in [4.69, 9.17) is 14.2 Å². The molecular formula is C70H122O6. The number of carbonyl (C=O) groups excluding carboxylic acids is 3. The minimum atomic E-state index is -0.777. The van der Waals surface area contributed by atoms with Gasteiger partial charge in [0, 0.05) is 19.3 Å². The Bertz CT molecular complexity index is 1450. The maximum Gasteiger partial charge on any atom is 0.306 e. The van der Waals surface area contributed by atoms with E-state index in [1.807, 2.05) is 0 Å². The lowest BCUT2D eigenvalue weighted by atomic mass is 10.0. The first-order valence-corrected chi connectivity index (χ1v) is 32.6. The third-order valence-corrected chi connectivity index (χ3v) is 14.2. The van der Waals surface area contributed by atoms with Gasteiger partial charge in [-0.25, -0.2) is 0 Å². The molecule has 0 aromatic carbocycles. The van der Waals surface area contributed by atoms with Gasteiger partial charge in [0.1, 0.15) is 13.2 Å². The highest BCUT2D eigenvalue weighted by atomic mass is 16.6. The Kier molecular flexibility index (Phi) is 61.2. The quantitative estimate of drug-likeness (QED) is 0.0261. The summed E-state index contributed by atoms with van der Waals surface area (Å²) in [5.41, 5.74) is 0. The Morgan fingerprint density at radius 2 is 0.513 bits per heavy atom. The molecule has 0 rings (SSSR count). The Morgan fingerprint density at radius 3 is 0.803 bits per heavy atom. The number of esters is 3. The summed E-state index contributed by atoms with van der Waals surface area (Å²) in [6.45, 7) is 6.51. The van der Waals surface area contributed by atoms with E-state index in [-0.39, 0.29) is 31.1 Å². The lowest BCUT2D eigenvalue weighted by molar-refractivity contribution is -0.167. The van der Waals surface area contributed by atoms with Gasteiger partial charge in [-0.05, 0) is 77.0 Å². The van der Waals surface area contributed by atoms with Crippen molar-refractivity contribution in [3.8, 4) is 0 Å². The summed E-state index contributed by atoms with van der Waals surface area (Å²) in [5, 5.41) is 0. The van der Waals surface area contributed by atoms with Crippen LogP contribution in [0.25, 0.3) is 0 Å². The number of allylic oxidation sites excluding steroid dienone is 14. The average Bonchev–Trinajstić information content (AvgIpc) is 3.42. The molecule has 0 fully saturated rings. The van der Waals surface area contributed by atoms with Gasteiger partial charge < -0.3 is 14.2 Å². The Morgan fingerprint density at radius 1 is 0.276 bits per heavy atom. The van der Waals surface area contributed by atoms with Crippen molar-refractivity contribution in [2.45, 2.75) is 329 Å². The molecule has 0 aliphatic heterocycles. The fourth-order valence-electron chi connectivity index (χ4n) is 9.31. The van der Waals surface area contributed by atoms with Crippen LogP contribution in [0, 0.1) is 0 Å². The molecule has 438 valence electrons.